The third-order valence-corrected chi connectivity index (χ3v) is 2.82. The summed E-state index contributed by atoms with van der Waals surface area (Å²) in [4.78, 5) is 11.4. The number of carbonyl (C=O) groups excluding carboxylic acids is 1. The van der Waals surface area contributed by atoms with Gasteiger partial charge in [0, 0.05) is 0 Å². The van der Waals surface area contributed by atoms with Crippen LogP contribution in [0.3, 0.4) is 0 Å². The third kappa shape index (κ3) is 1.81. The van der Waals surface area contributed by atoms with Gasteiger partial charge in [-0.1, -0.05) is 12.8 Å². The maximum Gasteiger partial charge on any atom is 0.184 e. The van der Waals surface area contributed by atoms with Crippen LogP contribution in [0.15, 0.2) is 12.2 Å². The van der Waals surface area contributed by atoms with Gasteiger partial charge in [-0.05, 0) is 30.9 Å². The quantitative estimate of drug-likeness (QED) is 0.658. The van der Waals surface area contributed by atoms with Gasteiger partial charge < -0.3 is 9.84 Å². The number of carbonyl (C=O) groups is 1. The number of rotatable bonds is 1. The fourth-order valence-electron chi connectivity index (χ4n) is 2.14. The summed E-state index contributed by atoms with van der Waals surface area (Å²) < 4.78 is 5.20. The Kier molecular flexibility index (Phi) is 2.47. The first-order valence-electron chi connectivity index (χ1n) is 4.83. The van der Waals surface area contributed by atoms with E-state index in [0.29, 0.717) is 5.92 Å². The largest absolute Gasteiger partial charge is 0.365 e. The highest BCUT2D eigenvalue weighted by atomic mass is 16.6. The molecule has 3 nitrogen and oxygen atoms in total. The van der Waals surface area contributed by atoms with Crippen molar-refractivity contribution in [2.75, 3.05) is 0 Å². The second kappa shape index (κ2) is 3.60. The van der Waals surface area contributed by atoms with Crippen LogP contribution in [0.25, 0.3) is 0 Å². The molecule has 0 spiro atoms. The smallest absolute Gasteiger partial charge is 0.184 e. The van der Waals surface area contributed by atoms with E-state index < -0.39 is 6.29 Å². The zero-order chi connectivity index (χ0) is 9.26. The average Bonchev–Trinajstić information content (AvgIpc) is 2.61. The molecule has 0 aromatic heterocycles. The van der Waals surface area contributed by atoms with E-state index in [0.717, 1.165) is 12.8 Å². The first kappa shape index (κ1) is 8.91. The summed E-state index contributed by atoms with van der Waals surface area (Å²) in [5, 5.41) is 9.20. The van der Waals surface area contributed by atoms with Crippen molar-refractivity contribution < 1.29 is 14.6 Å². The molecule has 1 heterocycles. The first-order chi connectivity index (χ1) is 6.27. The summed E-state index contributed by atoms with van der Waals surface area (Å²) in [5.74, 6) is 0.337. The molecule has 0 saturated heterocycles. The Balaban J connectivity index is 2.05. The van der Waals surface area contributed by atoms with Gasteiger partial charge in [0.05, 0.1) is 0 Å². The Labute approximate surface area is 77.4 Å². The summed E-state index contributed by atoms with van der Waals surface area (Å²) in [6.45, 7) is 0. The van der Waals surface area contributed by atoms with Gasteiger partial charge in [0.2, 0.25) is 0 Å². The van der Waals surface area contributed by atoms with Gasteiger partial charge in [-0.3, -0.25) is 4.79 Å². The Morgan fingerprint density at radius 2 is 2.08 bits per heavy atom. The van der Waals surface area contributed by atoms with Crippen molar-refractivity contribution in [1.82, 2.24) is 0 Å². The van der Waals surface area contributed by atoms with Crippen LogP contribution in [-0.2, 0) is 9.53 Å². The highest BCUT2D eigenvalue weighted by molar-refractivity contribution is 5.94. The third-order valence-electron chi connectivity index (χ3n) is 2.82. The monoisotopic (exact) mass is 182 g/mol. The van der Waals surface area contributed by atoms with Gasteiger partial charge in [0.1, 0.15) is 6.10 Å². The van der Waals surface area contributed by atoms with Gasteiger partial charge in [0.25, 0.3) is 0 Å². The van der Waals surface area contributed by atoms with Crippen molar-refractivity contribution in [1.29, 1.82) is 0 Å². The molecule has 1 aliphatic carbocycles. The van der Waals surface area contributed by atoms with Crippen LogP contribution in [0, 0.1) is 5.92 Å². The van der Waals surface area contributed by atoms with Crippen molar-refractivity contribution in [2.24, 2.45) is 5.92 Å². The predicted molar refractivity (Wildman–Crippen MR) is 47.0 cm³/mol. The van der Waals surface area contributed by atoms with E-state index >= 15 is 0 Å². The first-order valence-corrected chi connectivity index (χ1v) is 4.83. The van der Waals surface area contributed by atoms with E-state index in [2.05, 4.69) is 0 Å². The van der Waals surface area contributed by atoms with Crippen LogP contribution in [-0.4, -0.2) is 23.3 Å². The minimum Gasteiger partial charge on any atom is -0.365 e. The van der Waals surface area contributed by atoms with E-state index in [1.54, 1.807) is 0 Å². The van der Waals surface area contributed by atoms with Gasteiger partial charge in [-0.2, -0.15) is 0 Å². The molecule has 1 N–H and O–H groups in total. The van der Waals surface area contributed by atoms with E-state index in [4.69, 9.17) is 4.74 Å². The molecular formula is C10H14O3. The molecule has 2 atom stereocenters. The van der Waals surface area contributed by atoms with Crippen LogP contribution < -0.4 is 0 Å². The van der Waals surface area contributed by atoms with Crippen LogP contribution in [0.1, 0.15) is 25.7 Å². The summed E-state index contributed by atoms with van der Waals surface area (Å²) in [7, 11) is 0. The molecule has 1 aliphatic heterocycles. The second-order valence-electron chi connectivity index (χ2n) is 3.75. The molecule has 1 saturated carbocycles. The van der Waals surface area contributed by atoms with E-state index in [1.807, 2.05) is 0 Å². The fourth-order valence-corrected chi connectivity index (χ4v) is 2.14. The Hall–Kier alpha value is -0.670. The number of aliphatic hydroxyl groups is 1. The summed E-state index contributed by atoms with van der Waals surface area (Å²) >= 11 is 0. The average molecular weight is 182 g/mol. The van der Waals surface area contributed by atoms with Gasteiger partial charge in [0.15, 0.2) is 12.1 Å². The lowest BCUT2D eigenvalue weighted by Gasteiger charge is -2.26. The SMILES string of the molecule is O=C1C=CC(O)OC1C1CCCC1. The molecule has 72 valence electrons. The predicted octanol–water partition coefficient (Wildman–Crippen LogP) is 1.02. The maximum absolute atomic E-state index is 11.4. The van der Waals surface area contributed by atoms with Crippen molar-refractivity contribution in [3.63, 3.8) is 0 Å². The molecule has 2 unspecified atom stereocenters. The molecule has 0 aromatic rings. The molecule has 0 aromatic carbocycles. The minimum atomic E-state index is -0.886. The number of ketones is 1. The Morgan fingerprint density at radius 3 is 2.77 bits per heavy atom. The van der Waals surface area contributed by atoms with Crippen LogP contribution >= 0.6 is 0 Å². The molecule has 1 fully saturated rings. The van der Waals surface area contributed by atoms with Crippen LogP contribution in [0.2, 0.25) is 0 Å². The van der Waals surface area contributed by atoms with E-state index in [9.17, 15) is 9.90 Å². The number of aliphatic hydroxyl groups excluding tert-OH is 1. The summed E-state index contributed by atoms with van der Waals surface area (Å²) in [5.41, 5.74) is 0. The van der Waals surface area contributed by atoms with Gasteiger partial charge in [-0.15, -0.1) is 0 Å². The molecule has 3 heteroatoms. The zero-order valence-corrected chi connectivity index (χ0v) is 7.48. The highest BCUT2D eigenvalue weighted by Gasteiger charge is 2.33. The highest BCUT2D eigenvalue weighted by Crippen LogP contribution is 2.31. The zero-order valence-electron chi connectivity index (χ0n) is 7.48. The van der Waals surface area contributed by atoms with Crippen molar-refractivity contribution in [2.45, 2.75) is 38.1 Å². The summed E-state index contributed by atoms with van der Waals surface area (Å²) in [6, 6.07) is 0. The summed E-state index contributed by atoms with van der Waals surface area (Å²) in [6.07, 6.45) is 6.03. The second-order valence-corrected chi connectivity index (χ2v) is 3.75. The minimum absolute atomic E-state index is 0.0113. The van der Waals surface area contributed by atoms with Gasteiger partial charge in [-0.25, -0.2) is 0 Å². The number of ether oxygens (including phenoxy) is 1. The maximum atomic E-state index is 11.4. The number of hydrogen-bond acceptors (Lipinski definition) is 3. The van der Waals surface area contributed by atoms with E-state index in [-0.39, 0.29) is 11.9 Å². The normalized spacial score (nSPS) is 35.6. The lowest BCUT2D eigenvalue weighted by molar-refractivity contribution is -0.155. The molecular weight excluding hydrogens is 168 g/mol. The standard InChI is InChI=1S/C10H14O3/c11-8-5-6-9(12)13-10(8)7-3-1-2-4-7/h5-7,9-10,12H,1-4H2. The Bertz CT molecular complexity index is 228. The molecule has 13 heavy (non-hydrogen) atoms. The molecule has 0 bridgehead atoms. The topological polar surface area (TPSA) is 46.5 Å². The van der Waals surface area contributed by atoms with Crippen molar-refractivity contribution in [3.8, 4) is 0 Å². The number of hydrogen-bond donors (Lipinski definition) is 1. The lowest BCUT2D eigenvalue weighted by Crippen LogP contribution is -2.36. The molecule has 0 radical (unpaired) electrons. The Morgan fingerprint density at radius 1 is 1.38 bits per heavy atom. The van der Waals surface area contributed by atoms with Crippen molar-refractivity contribution in [3.05, 3.63) is 12.2 Å². The van der Waals surface area contributed by atoms with E-state index in [1.165, 1.54) is 25.0 Å². The fraction of sp³-hybridized carbons (Fsp3) is 0.700. The molecule has 2 rings (SSSR count). The van der Waals surface area contributed by atoms with Crippen molar-refractivity contribution >= 4 is 5.78 Å². The van der Waals surface area contributed by atoms with Gasteiger partial charge >= 0.3 is 0 Å². The molecule has 0 amide bonds. The molecule has 2 aliphatic rings. The lowest BCUT2D eigenvalue weighted by atomic mass is 9.96. The van der Waals surface area contributed by atoms with Crippen LogP contribution in [0.5, 0.6) is 0 Å². The van der Waals surface area contributed by atoms with Crippen LogP contribution in [0.4, 0.5) is 0 Å².